The van der Waals surface area contributed by atoms with Crippen LogP contribution in [0.2, 0.25) is 0 Å². The fraction of sp³-hybridized carbons (Fsp3) is 0.208. The first-order valence-corrected chi connectivity index (χ1v) is 11.8. The highest BCUT2D eigenvalue weighted by Gasteiger charge is 2.13. The number of aromatic nitrogens is 2. The molecule has 0 aliphatic carbocycles. The maximum atomic E-state index is 12.5. The van der Waals surface area contributed by atoms with E-state index in [1.807, 2.05) is 42.8 Å². The number of para-hydroxylation sites is 1. The minimum atomic E-state index is -0.119. The number of carbonyl (C=O) groups is 1. The molecule has 158 valence electrons. The van der Waals surface area contributed by atoms with Crippen molar-refractivity contribution in [3.05, 3.63) is 81.8 Å². The summed E-state index contributed by atoms with van der Waals surface area (Å²) in [5.41, 5.74) is 4.16. The molecule has 1 N–H and O–H groups in total. The molecule has 7 heteroatoms. The minimum absolute atomic E-state index is 0.119. The monoisotopic (exact) mass is 449 g/mol. The molecule has 0 aliphatic heterocycles. The number of thiazole rings is 2. The molecule has 0 fully saturated rings. The second kappa shape index (κ2) is 9.85. The van der Waals surface area contributed by atoms with Crippen LogP contribution in [0.3, 0.4) is 0 Å². The summed E-state index contributed by atoms with van der Waals surface area (Å²) in [5, 5.41) is 6.28. The van der Waals surface area contributed by atoms with Crippen molar-refractivity contribution in [3.8, 4) is 16.3 Å². The van der Waals surface area contributed by atoms with E-state index in [0.717, 1.165) is 33.3 Å². The third kappa shape index (κ3) is 5.57. The molecule has 5 nitrogen and oxygen atoms in total. The second-order valence-corrected chi connectivity index (χ2v) is 9.07. The zero-order valence-corrected chi connectivity index (χ0v) is 19.1. The second-order valence-electron chi connectivity index (χ2n) is 7.10. The highest BCUT2D eigenvalue weighted by Crippen LogP contribution is 2.32. The van der Waals surface area contributed by atoms with E-state index in [0.29, 0.717) is 11.7 Å². The number of carbonyl (C=O) groups excluding carboxylic acids is 1. The fourth-order valence-corrected chi connectivity index (χ4v) is 4.95. The molecular weight excluding hydrogens is 426 g/mol. The molecule has 4 rings (SSSR count). The van der Waals surface area contributed by atoms with E-state index in [9.17, 15) is 4.79 Å². The summed E-state index contributed by atoms with van der Waals surface area (Å²) >= 11 is 3.02. The molecule has 2 heterocycles. The average Bonchev–Trinajstić information content (AvgIpc) is 3.38. The maximum Gasteiger partial charge on any atom is 0.232 e. The van der Waals surface area contributed by atoms with Crippen LogP contribution in [0, 0.1) is 6.92 Å². The Morgan fingerprint density at radius 3 is 2.87 bits per heavy atom. The van der Waals surface area contributed by atoms with Crippen molar-refractivity contribution in [2.45, 2.75) is 26.7 Å². The van der Waals surface area contributed by atoms with Crippen molar-refractivity contribution in [2.24, 2.45) is 0 Å². The third-order valence-electron chi connectivity index (χ3n) is 4.57. The molecule has 0 atom stereocenters. The van der Waals surface area contributed by atoms with Gasteiger partial charge in [-0.25, -0.2) is 9.97 Å². The van der Waals surface area contributed by atoms with Crippen molar-refractivity contribution in [2.75, 3.05) is 11.9 Å². The van der Waals surface area contributed by atoms with E-state index in [1.54, 1.807) is 0 Å². The van der Waals surface area contributed by atoms with Gasteiger partial charge in [0.05, 0.1) is 24.3 Å². The van der Waals surface area contributed by atoms with Gasteiger partial charge in [0.25, 0.3) is 0 Å². The van der Waals surface area contributed by atoms with Crippen LogP contribution in [0.25, 0.3) is 10.6 Å². The quantitative estimate of drug-likeness (QED) is 0.372. The van der Waals surface area contributed by atoms with Crippen LogP contribution < -0.4 is 10.1 Å². The molecule has 2 aromatic carbocycles. The van der Waals surface area contributed by atoms with Crippen LogP contribution >= 0.6 is 22.7 Å². The minimum Gasteiger partial charge on any atom is -0.493 e. The number of benzene rings is 2. The highest BCUT2D eigenvalue weighted by atomic mass is 32.1. The first-order valence-electron chi connectivity index (χ1n) is 10.1. The van der Waals surface area contributed by atoms with Crippen molar-refractivity contribution < 1.29 is 9.53 Å². The molecule has 2 aromatic heterocycles. The van der Waals surface area contributed by atoms with Crippen molar-refractivity contribution in [1.29, 1.82) is 0 Å². The topological polar surface area (TPSA) is 64.1 Å². The van der Waals surface area contributed by atoms with Gasteiger partial charge in [-0.05, 0) is 31.5 Å². The summed E-state index contributed by atoms with van der Waals surface area (Å²) in [6.07, 6.45) is 2.85. The Balaban J connectivity index is 1.37. The van der Waals surface area contributed by atoms with Crippen LogP contribution in [0.4, 0.5) is 5.13 Å². The summed E-state index contributed by atoms with van der Waals surface area (Å²) in [6.45, 7) is 4.64. The standard InChI is InChI=1S/C24H23N3O2S2/c1-3-29-21-10-5-4-9-20(21)23-26-18(15-30-23)13-22(28)27-24-25-14-19(31-24)12-17-8-6-7-16(2)11-17/h4-11,14-15H,3,12-13H2,1-2H3,(H,25,27,28). The predicted octanol–water partition coefficient (Wildman–Crippen LogP) is 5.75. The number of nitrogens with zero attached hydrogens (tertiary/aromatic N) is 2. The third-order valence-corrected chi connectivity index (χ3v) is 6.41. The number of hydrogen-bond donors (Lipinski definition) is 1. The number of rotatable bonds is 8. The Labute approximate surface area is 189 Å². The summed E-state index contributed by atoms with van der Waals surface area (Å²) in [6, 6.07) is 16.2. The van der Waals surface area contributed by atoms with Crippen LogP contribution in [0.15, 0.2) is 60.1 Å². The molecule has 0 radical (unpaired) electrons. The Hall–Kier alpha value is -3.03. The van der Waals surface area contributed by atoms with Gasteiger partial charge in [-0.1, -0.05) is 42.0 Å². The van der Waals surface area contributed by atoms with Crippen molar-refractivity contribution in [3.63, 3.8) is 0 Å². The molecule has 4 aromatic rings. The molecule has 1 amide bonds. The normalized spacial score (nSPS) is 10.8. The Morgan fingerprint density at radius 2 is 2.03 bits per heavy atom. The van der Waals surface area contributed by atoms with E-state index < -0.39 is 0 Å². The fourth-order valence-electron chi connectivity index (χ4n) is 3.23. The maximum absolute atomic E-state index is 12.5. The van der Waals surface area contributed by atoms with Gasteiger partial charge in [0.1, 0.15) is 10.8 Å². The number of ether oxygens (including phenoxy) is 1. The predicted molar refractivity (Wildman–Crippen MR) is 127 cm³/mol. The molecule has 31 heavy (non-hydrogen) atoms. The number of aryl methyl sites for hydroxylation is 1. The Bertz CT molecular complexity index is 1180. The Morgan fingerprint density at radius 1 is 1.16 bits per heavy atom. The van der Waals surface area contributed by atoms with E-state index in [4.69, 9.17) is 4.74 Å². The number of nitrogens with one attached hydrogen (secondary N) is 1. The zero-order valence-electron chi connectivity index (χ0n) is 17.4. The van der Waals surface area contributed by atoms with E-state index in [1.165, 1.54) is 33.8 Å². The first kappa shape index (κ1) is 21.2. The van der Waals surface area contributed by atoms with Gasteiger partial charge in [0, 0.05) is 22.9 Å². The van der Waals surface area contributed by atoms with Crippen LogP contribution in [0.1, 0.15) is 28.6 Å². The van der Waals surface area contributed by atoms with Gasteiger partial charge in [-0.2, -0.15) is 0 Å². The highest BCUT2D eigenvalue weighted by molar-refractivity contribution is 7.15. The summed E-state index contributed by atoms with van der Waals surface area (Å²) in [4.78, 5) is 22.6. The molecule has 0 spiro atoms. The van der Waals surface area contributed by atoms with Gasteiger partial charge < -0.3 is 10.1 Å². The lowest BCUT2D eigenvalue weighted by atomic mass is 10.1. The van der Waals surface area contributed by atoms with Crippen molar-refractivity contribution >= 4 is 33.7 Å². The van der Waals surface area contributed by atoms with Crippen LogP contribution in [-0.4, -0.2) is 22.5 Å². The number of hydrogen-bond acceptors (Lipinski definition) is 6. The van der Waals surface area contributed by atoms with Gasteiger partial charge in [0.15, 0.2) is 5.13 Å². The molecule has 0 saturated heterocycles. The van der Waals surface area contributed by atoms with E-state index in [-0.39, 0.29) is 12.3 Å². The molecule has 0 bridgehead atoms. The zero-order chi connectivity index (χ0) is 21.6. The lowest BCUT2D eigenvalue weighted by molar-refractivity contribution is -0.115. The van der Waals surface area contributed by atoms with Gasteiger partial charge in [0.2, 0.25) is 5.91 Å². The lowest BCUT2D eigenvalue weighted by Gasteiger charge is -2.07. The van der Waals surface area contributed by atoms with E-state index in [2.05, 4.69) is 46.5 Å². The van der Waals surface area contributed by atoms with Crippen LogP contribution in [0.5, 0.6) is 5.75 Å². The van der Waals surface area contributed by atoms with Crippen LogP contribution in [-0.2, 0) is 17.6 Å². The van der Waals surface area contributed by atoms with Crippen molar-refractivity contribution in [1.82, 2.24) is 9.97 Å². The van der Waals surface area contributed by atoms with Gasteiger partial charge >= 0.3 is 0 Å². The lowest BCUT2D eigenvalue weighted by Crippen LogP contribution is -2.14. The number of anilines is 1. The smallest absolute Gasteiger partial charge is 0.232 e. The van der Waals surface area contributed by atoms with Gasteiger partial charge in [-0.15, -0.1) is 22.7 Å². The molecular formula is C24H23N3O2S2. The largest absolute Gasteiger partial charge is 0.493 e. The van der Waals surface area contributed by atoms with Gasteiger partial charge in [-0.3, -0.25) is 4.79 Å². The number of amides is 1. The average molecular weight is 450 g/mol. The molecule has 0 aliphatic rings. The Kier molecular flexibility index (Phi) is 6.74. The summed E-state index contributed by atoms with van der Waals surface area (Å²) < 4.78 is 5.69. The molecule has 0 unspecified atom stereocenters. The summed E-state index contributed by atoms with van der Waals surface area (Å²) in [7, 11) is 0. The molecule has 0 saturated carbocycles. The van der Waals surface area contributed by atoms with E-state index >= 15 is 0 Å². The summed E-state index contributed by atoms with van der Waals surface area (Å²) in [5.74, 6) is 0.686. The first-order chi connectivity index (χ1) is 15.1. The SMILES string of the molecule is CCOc1ccccc1-c1nc(CC(=O)Nc2ncc(Cc3cccc(C)c3)s2)cs1.